The molecule has 4 heteroatoms. The van der Waals surface area contributed by atoms with Gasteiger partial charge < -0.3 is 14.8 Å². The second-order valence-electron chi connectivity index (χ2n) is 5.00. The van der Waals surface area contributed by atoms with E-state index in [2.05, 4.69) is 31.0 Å². The molecule has 0 aromatic heterocycles. The smallest absolute Gasteiger partial charge is 0.0674 e. The van der Waals surface area contributed by atoms with Gasteiger partial charge in [0.15, 0.2) is 0 Å². The molecule has 0 saturated carbocycles. The van der Waals surface area contributed by atoms with Crippen LogP contribution in [0.4, 0.5) is 0 Å². The van der Waals surface area contributed by atoms with Gasteiger partial charge in [0.05, 0.1) is 19.3 Å². The van der Waals surface area contributed by atoms with Crippen LogP contribution < -0.4 is 5.32 Å². The predicted molar refractivity (Wildman–Crippen MR) is 70.4 cm³/mol. The topological polar surface area (TPSA) is 33.7 Å². The summed E-state index contributed by atoms with van der Waals surface area (Å²) in [5, 5.41) is 3.49. The first-order valence-corrected chi connectivity index (χ1v) is 6.76. The molecule has 1 aliphatic heterocycles. The van der Waals surface area contributed by atoms with Crippen LogP contribution in [0.5, 0.6) is 0 Å². The van der Waals surface area contributed by atoms with E-state index in [0.29, 0.717) is 18.2 Å². The first-order valence-electron chi connectivity index (χ1n) is 6.76. The molecule has 0 radical (unpaired) electrons. The van der Waals surface area contributed by atoms with Gasteiger partial charge in [-0.15, -0.1) is 0 Å². The molecule has 3 atom stereocenters. The number of nitrogens with zero attached hydrogens (tertiary/aromatic N) is 1. The average Bonchev–Trinajstić information content (AvgIpc) is 2.32. The molecule has 4 nitrogen and oxygen atoms in total. The van der Waals surface area contributed by atoms with E-state index in [1.807, 2.05) is 0 Å². The van der Waals surface area contributed by atoms with Gasteiger partial charge in [0.1, 0.15) is 0 Å². The Morgan fingerprint density at radius 1 is 1.47 bits per heavy atom. The van der Waals surface area contributed by atoms with Crippen molar-refractivity contribution in [2.75, 3.05) is 40.0 Å². The van der Waals surface area contributed by atoms with Gasteiger partial charge in [0.25, 0.3) is 0 Å². The third kappa shape index (κ3) is 4.92. The standard InChI is InChI=1S/C13H28N2O2/c1-5-6-14-7-13(10-16-4)15-8-12(3)17-9-11(15)2/h11-14H,5-10H2,1-4H3. The van der Waals surface area contributed by atoms with Crippen molar-refractivity contribution in [2.45, 2.75) is 45.4 Å². The van der Waals surface area contributed by atoms with Gasteiger partial charge in [-0.2, -0.15) is 0 Å². The highest BCUT2D eigenvalue weighted by Crippen LogP contribution is 2.14. The number of ether oxygens (including phenoxy) is 2. The minimum Gasteiger partial charge on any atom is -0.383 e. The third-order valence-electron chi connectivity index (χ3n) is 3.29. The molecule has 1 N–H and O–H groups in total. The highest BCUT2D eigenvalue weighted by Gasteiger charge is 2.29. The van der Waals surface area contributed by atoms with E-state index >= 15 is 0 Å². The Morgan fingerprint density at radius 2 is 2.24 bits per heavy atom. The van der Waals surface area contributed by atoms with Crippen molar-refractivity contribution < 1.29 is 9.47 Å². The van der Waals surface area contributed by atoms with Crippen molar-refractivity contribution in [2.24, 2.45) is 0 Å². The van der Waals surface area contributed by atoms with E-state index in [0.717, 1.165) is 32.8 Å². The third-order valence-corrected chi connectivity index (χ3v) is 3.29. The van der Waals surface area contributed by atoms with Crippen LogP contribution in [0.3, 0.4) is 0 Å². The normalized spacial score (nSPS) is 28.2. The number of rotatable bonds is 7. The van der Waals surface area contributed by atoms with Gasteiger partial charge in [0, 0.05) is 32.3 Å². The summed E-state index contributed by atoms with van der Waals surface area (Å²) in [5.74, 6) is 0. The number of hydrogen-bond donors (Lipinski definition) is 1. The molecule has 1 rings (SSSR count). The molecule has 0 amide bonds. The van der Waals surface area contributed by atoms with Crippen LogP contribution in [0.15, 0.2) is 0 Å². The molecule has 0 bridgehead atoms. The summed E-state index contributed by atoms with van der Waals surface area (Å²) in [7, 11) is 1.78. The van der Waals surface area contributed by atoms with Crippen LogP contribution in [-0.2, 0) is 9.47 Å². The largest absolute Gasteiger partial charge is 0.383 e. The Morgan fingerprint density at radius 3 is 2.88 bits per heavy atom. The zero-order chi connectivity index (χ0) is 12.7. The molecule has 0 aliphatic carbocycles. The van der Waals surface area contributed by atoms with Crippen molar-refractivity contribution in [1.82, 2.24) is 10.2 Å². The minimum absolute atomic E-state index is 0.330. The van der Waals surface area contributed by atoms with Crippen molar-refractivity contribution in [3.05, 3.63) is 0 Å². The van der Waals surface area contributed by atoms with Crippen molar-refractivity contribution in [1.29, 1.82) is 0 Å². The predicted octanol–water partition coefficient (Wildman–Crippen LogP) is 1.11. The molecular weight excluding hydrogens is 216 g/mol. The lowest BCUT2D eigenvalue weighted by Gasteiger charge is -2.41. The fourth-order valence-electron chi connectivity index (χ4n) is 2.35. The maximum absolute atomic E-state index is 5.67. The molecular formula is C13H28N2O2. The lowest BCUT2D eigenvalue weighted by molar-refractivity contribution is -0.0754. The number of nitrogens with one attached hydrogen (secondary N) is 1. The first-order chi connectivity index (χ1) is 8.19. The van der Waals surface area contributed by atoms with Crippen LogP contribution in [0.1, 0.15) is 27.2 Å². The first kappa shape index (κ1) is 14.9. The summed E-state index contributed by atoms with van der Waals surface area (Å²) in [5.41, 5.74) is 0. The van der Waals surface area contributed by atoms with Crippen molar-refractivity contribution >= 4 is 0 Å². The molecule has 0 spiro atoms. The lowest BCUT2D eigenvalue weighted by Crippen LogP contribution is -2.56. The van der Waals surface area contributed by atoms with E-state index in [1.165, 1.54) is 6.42 Å². The van der Waals surface area contributed by atoms with Gasteiger partial charge in [-0.3, -0.25) is 4.90 Å². The maximum atomic E-state index is 5.67. The number of methoxy groups -OCH3 is 1. The van der Waals surface area contributed by atoms with E-state index in [9.17, 15) is 0 Å². The molecule has 0 aromatic rings. The van der Waals surface area contributed by atoms with Crippen LogP contribution in [-0.4, -0.2) is 63.0 Å². The van der Waals surface area contributed by atoms with E-state index < -0.39 is 0 Å². The minimum atomic E-state index is 0.330. The lowest BCUT2D eigenvalue weighted by atomic mass is 10.1. The van der Waals surface area contributed by atoms with Gasteiger partial charge in [-0.05, 0) is 26.8 Å². The SMILES string of the molecule is CCCNCC(COC)N1CC(C)OCC1C. The summed E-state index contributed by atoms with van der Waals surface area (Å²) < 4.78 is 11.0. The summed E-state index contributed by atoms with van der Waals surface area (Å²) in [6, 6.07) is 0.933. The van der Waals surface area contributed by atoms with Gasteiger partial charge in [-0.25, -0.2) is 0 Å². The van der Waals surface area contributed by atoms with Crippen LogP contribution in [0.25, 0.3) is 0 Å². The van der Waals surface area contributed by atoms with E-state index in [1.54, 1.807) is 7.11 Å². The molecule has 3 unspecified atom stereocenters. The van der Waals surface area contributed by atoms with E-state index in [-0.39, 0.29) is 0 Å². The second-order valence-corrected chi connectivity index (χ2v) is 5.00. The fourth-order valence-corrected chi connectivity index (χ4v) is 2.35. The Balaban J connectivity index is 2.48. The zero-order valence-electron chi connectivity index (χ0n) is 11.7. The summed E-state index contributed by atoms with van der Waals surface area (Å²) >= 11 is 0. The molecule has 0 aromatic carbocycles. The highest BCUT2D eigenvalue weighted by atomic mass is 16.5. The Labute approximate surface area is 106 Å². The number of hydrogen-bond acceptors (Lipinski definition) is 4. The summed E-state index contributed by atoms with van der Waals surface area (Å²) in [6.07, 6.45) is 1.51. The van der Waals surface area contributed by atoms with Crippen LogP contribution in [0, 0.1) is 0 Å². The Bertz CT molecular complexity index is 202. The zero-order valence-corrected chi connectivity index (χ0v) is 11.7. The summed E-state index contributed by atoms with van der Waals surface area (Å²) in [6.45, 7) is 11.3. The van der Waals surface area contributed by atoms with Gasteiger partial charge in [0.2, 0.25) is 0 Å². The number of morpholine rings is 1. The quantitative estimate of drug-likeness (QED) is 0.680. The monoisotopic (exact) mass is 244 g/mol. The van der Waals surface area contributed by atoms with Crippen LogP contribution in [0.2, 0.25) is 0 Å². The fraction of sp³-hybridized carbons (Fsp3) is 1.00. The highest BCUT2D eigenvalue weighted by molar-refractivity contribution is 4.83. The second kappa shape index (κ2) is 8.03. The van der Waals surface area contributed by atoms with E-state index in [4.69, 9.17) is 9.47 Å². The average molecular weight is 244 g/mol. The molecule has 1 heterocycles. The molecule has 17 heavy (non-hydrogen) atoms. The van der Waals surface area contributed by atoms with Crippen molar-refractivity contribution in [3.63, 3.8) is 0 Å². The maximum Gasteiger partial charge on any atom is 0.0674 e. The molecule has 102 valence electrons. The Kier molecular flexibility index (Phi) is 7.04. The molecule has 1 fully saturated rings. The van der Waals surface area contributed by atoms with Crippen molar-refractivity contribution in [3.8, 4) is 0 Å². The van der Waals surface area contributed by atoms with Gasteiger partial charge in [-0.1, -0.05) is 6.92 Å². The summed E-state index contributed by atoms with van der Waals surface area (Å²) in [4.78, 5) is 2.51. The molecule has 1 saturated heterocycles. The van der Waals surface area contributed by atoms with Crippen LogP contribution >= 0.6 is 0 Å². The van der Waals surface area contributed by atoms with Gasteiger partial charge >= 0.3 is 0 Å². The molecule has 1 aliphatic rings. The Hall–Kier alpha value is -0.160.